The molecule has 21 heavy (non-hydrogen) atoms. The van der Waals surface area contributed by atoms with E-state index in [2.05, 4.69) is 35.9 Å². The van der Waals surface area contributed by atoms with E-state index in [0.29, 0.717) is 6.04 Å². The lowest BCUT2D eigenvalue weighted by molar-refractivity contribution is 0.113. The van der Waals surface area contributed by atoms with Gasteiger partial charge in [0.05, 0.1) is 0 Å². The number of likely N-dealkylation sites (tertiary alicyclic amines) is 2. The number of nitrogens with one attached hydrogen (secondary N) is 1. The Morgan fingerprint density at radius 1 is 1.05 bits per heavy atom. The molecule has 3 heteroatoms. The van der Waals surface area contributed by atoms with E-state index in [0.717, 1.165) is 18.5 Å². The second-order valence-corrected chi connectivity index (χ2v) is 7.43. The van der Waals surface area contributed by atoms with Crippen molar-refractivity contribution in [1.29, 1.82) is 0 Å². The summed E-state index contributed by atoms with van der Waals surface area (Å²) in [6.45, 7) is 14.9. The van der Waals surface area contributed by atoms with Crippen molar-refractivity contribution >= 4 is 0 Å². The normalized spacial score (nSPS) is 25.3. The van der Waals surface area contributed by atoms with Gasteiger partial charge in [0.1, 0.15) is 0 Å². The van der Waals surface area contributed by atoms with Gasteiger partial charge in [-0.05, 0) is 91.0 Å². The Morgan fingerprint density at radius 2 is 1.71 bits per heavy atom. The summed E-state index contributed by atoms with van der Waals surface area (Å²) in [5.41, 5.74) is 0. The molecule has 0 radical (unpaired) electrons. The zero-order valence-electron chi connectivity index (χ0n) is 14.6. The van der Waals surface area contributed by atoms with Crippen LogP contribution in [0.5, 0.6) is 0 Å². The SMILES string of the molecule is CCCNC(C)CC(C)N1CCC(CN2CCCC2)CC1. The Balaban J connectivity index is 1.63. The smallest absolute Gasteiger partial charge is 0.00816 e. The maximum atomic E-state index is 3.63. The summed E-state index contributed by atoms with van der Waals surface area (Å²) in [7, 11) is 0. The van der Waals surface area contributed by atoms with Crippen LogP contribution in [0.4, 0.5) is 0 Å². The highest BCUT2D eigenvalue weighted by atomic mass is 15.2. The minimum Gasteiger partial charge on any atom is -0.314 e. The minimum absolute atomic E-state index is 0.655. The van der Waals surface area contributed by atoms with Crippen LogP contribution in [0.25, 0.3) is 0 Å². The molecule has 2 rings (SSSR count). The quantitative estimate of drug-likeness (QED) is 0.743. The number of rotatable bonds is 8. The highest BCUT2D eigenvalue weighted by molar-refractivity contribution is 4.81. The third-order valence-electron chi connectivity index (χ3n) is 5.43. The van der Waals surface area contributed by atoms with E-state index in [9.17, 15) is 0 Å². The summed E-state index contributed by atoms with van der Waals surface area (Å²) < 4.78 is 0. The zero-order chi connectivity index (χ0) is 15.1. The van der Waals surface area contributed by atoms with Crippen LogP contribution in [0.1, 0.15) is 59.3 Å². The lowest BCUT2D eigenvalue weighted by Gasteiger charge is -2.38. The van der Waals surface area contributed by atoms with Crippen molar-refractivity contribution in [2.75, 3.05) is 39.3 Å². The van der Waals surface area contributed by atoms with Crippen LogP contribution >= 0.6 is 0 Å². The first-order valence-corrected chi connectivity index (χ1v) is 9.38. The first-order chi connectivity index (χ1) is 10.2. The van der Waals surface area contributed by atoms with Crippen molar-refractivity contribution in [3.63, 3.8) is 0 Å². The summed E-state index contributed by atoms with van der Waals surface area (Å²) in [5, 5.41) is 3.63. The van der Waals surface area contributed by atoms with Gasteiger partial charge in [-0.25, -0.2) is 0 Å². The predicted molar refractivity (Wildman–Crippen MR) is 91.8 cm³/mol. The molecule has 0 aliphatic carbocycles. The molecular weight excluding hydrogens is 258 g/mol. The number of hydrogen-bond acceptors (Lipinski definition) is 3. The molecule has 2 saturated heterocycles. The standard InChI is InChI=1S/C18H37N3/c1-4-9-19-16(2)14-17(3)21-12-7-18(8-13-21)15-20-10-5-6-11-20/h16-19H,4-15H2,1-3H3. The van der Waals surface area contributed by atoms with Gasteiger partial charge < -0.3 is 15.1 Å². The molecule has 0 amide bonds. The molecular formula is C18H37N3. The first kappa shape index (κ1) is 17.2. The van der Waals surface area contributed by atoms with E-state index in [1.165, 1.54) is 71.2 Å². The molecule has 1 N–H and O–H groups in total. The van der Waals surface area contributed by atoms with E-state index >= 15 is 0 Å². The van der Waals surface area contributed by atoms with Crippen LogP contribution in [0, 0.1) is 5.92 Å². The molecule has 2 fully saturated rings. The van der Waals surface area contributed by atoms with Crippen molar-refractivity contribution in [2.24, 2.45) is 5.92 Å². The van der Waals surface area contributed by atoms with Gasteiger partial charge in [0, 0.05) is 18.6 Å². The van der Waals surface area contributed by atoms with Gasteiger partial charge in [-0.3, -0.25) is 0 Å². The molecule has 0 aromatic rings. The average molecular weight is 296 g/mol. The summed E-state index contributed by atoms with van der Waals surface area (Å²) in [6.07, 6.45) is 8.21. The summed E-state index contributed by atoms with van der Waals surface area (Å²) >= 11 is 0. The van der Waals surface area contributed by atoms with E-state index in [-0.39, 0.29) is 0 Å². The Bertz CT molecular complexity index is 268. The lowest BCUT2D eigenvalue weighted by Crippen LogP contribution is -2.44. The Hall–Kier alpha value is -0.120. The molecule has 0 aromatic carbocycles. The van der Waals surface area contributed by atoms with E-state index in [1.54, 1.807) is 0 Å². The topological polar surface area (TPSA) is 18.5 Å². The summed E-state index contributed by atoms with van der Waals surface area (Å²) in [5.74, 6) is 0.960. The molecule has 0 saturated carbocycles. The van der Waals surface area contributed by atoms with Crippen molar-refractivity contribution in [3.05, 3.63) is 0 Å². The molecule has 2 aliphatic rings. The molecule has 2 atom stereocenters. The molecule has 2 aliphatic heterocycles. The summed E-state index contributed by atoms with van der Waals surface area (Å²) in [6, 6.07) is 1.39. The highest BCUT2D eigenvalue weighted by Crippen LogP contribution is 2.23. The van der Waals surface area contributed by atoms with Gasteiger partial charge in [-0.1, -0.05) is 6.92 Å². The average Bonchev–Trinajstić information content (AvgIpc) is 2.98. The van der Waals surface area contributed by atoms with Crippen molar-refractivity contribution in [1.82, 2.24) is 15.1 Å². The third kappa shape index (κ3) is 5.88. The van der Waals surface area contributed by atoms with Crippen LogP contribution in [0.2, 0.25) is 0 Å². The van der Waals surface area contributed by atoms with Gasteiger partial charge in [-0.2, -0.15) is 0 Å². The van der Waals surface area contributed by atoms with Crippen LogP contribution in [0.15, 0.2) is 0 Å². The van der Waals surface area contributed by atoms with Gasteiger partial charge in [0.25, 0.3) is 0 Å². The Kier molecular flexibility index (Phi) is 7.48. The maximum Gasteiger partial charge on any atom is 0.00816 e. The van der Waals surface area contributed by atoms with Crippen molar-refractivity contribution < 1.29 is 0 Å². The predicted octanol–water partition coefficient (Wildman–Crippen LogP) is 2.96. The fraction of sp³-hybridized carbons (Fsp3) is 1.00. The van der Waals surface area contributed by atoms with Crippen molar-refractivity contribution in [3.8, 4) is 0 Å². The van der Waals surface area contributed by atoms with E-state index < -0.39 is 0 Å². The first-order valence-electron chi connectivity index (χ1n) is 9.38. The molecule has 0 aromatic heterocycles. The van der Waals surface area contributed by atoms with Crippen LogP contribution in [0.3, 0.4) is 0 Å². The molecule has 2 heterocycles. The second-order valence-electron chi connectivity index (χ2n) is 7.43. The largest absolute Gasteiger partial charge is 0.314 e. The van der Waals surface area contributed by atoms with Gasteiger partial charge in [0.15, 0.2) is 0 Å². The Labute approximate surface area is 132 Å². The number of nitrogens with zero attached hydrogens (tertiary/aromatic N) is 2. The van der Waals surface area contributed by atoms with Gasteiger partial charge in [-0.15, -0.1) is 0 Å². The van der Waals surface area contributed by atoms with Crippen LogP contribution in [-0.2, 0) is 0 Å². The highest BCUT2D eigenvalue weighted by Gasteiger charge is 2.25. The maximum absolute atomic E-state index is 3.63. The third-order valence-corrected chi connectivity index (χ3v) is 5.43. The van der Waals surface area contributed by atoms with E-state index in [4.69, 9.17) is 0 Å². The van der Waals surface area contributed by atoms with Gasteiger partial charge >= 0.3 is 0 Å². The molecule has 2 unspecified atom stereocenters. The van der Waals surface area contributed by atoms with Gasteiger partial charge in [0.2, 0.25) is 0 Å². The minimum atomic E-state index is 0.655. The van der Waals surface area contributed by atoms with Crippen molar-refractivity contribution in [2.45, 2.75) is 71.4 Å². The number of hydrogen-bond donors (Lipinski definition) is 1. The van der Waals surface area contributed by atoms with Crippen LogP contribution < -0.4 is 5.32 Å². The monoisotopic (exact) mass is 295 g/mol. The van der Waals surface area contributed by atoms with Crippen LogP contribution in [-0.4, -0.2) is 61.2 Å². The summed E-state index contributed by atoms with van der Waals surface area (Å²) in [4.78, 5) is 5.42. The fourth-order valence-corrected chi connectivity index (χ4v) is 4.04. The zero-order valence-corrected chi connectivity index (χ0v) is 14.6. The molecule has 0 bridgehead atoms. The second kappa shape index (κ2) is 9.12. The molecule has 0 spiro atoms. The number of piperidine rings is 1. The fourth-order valence-electron chi connectivity index (χ4n) is 4.04. The molecule has 3 nitrogen and oxygen atoms in total. The lowest BCUT2D eigenvalue weighted by atomic mass is 9.94. The molecule has 124 valence electrons. The van der Waals surface area contributed by atoms with E-state index in [1.807, 2.05) is 0 Å². The Morgan fingerprint density at radius 3 is 2.33 bits per heavy atom.